The minimum Gasteiger partial charge on any atom is -0.452 e. The Balaban J connectivity index is 1.46. The molecule has 2 aliphatic rings. The molecule has 3 aromatic rings. The van der Waals surface area contributed by atoms with Gasteiger partial charge in [0.2, 0.25) is 0 Å². The van der Waals surface area contributed by atoms with E-state index in [-0.39, 0.29) is 6.61 Å². The lowest BCUT2D eigenvalue weighted by molar-refractivity contribution is -0.317. The molecule has 0 N–H and O–H groups in total. The summed E-state index contributed by atoms with van der Waals surface area (Å²) in [7, 11) is 0. The van der Waals surface area contributed by atoms with Crippen molar-refractivity contribution >= 4 is 46.9 Å². The van der Waals surface area contributed by atoms with E-state index in [4.69, 9.17) is 46.9 Å². The van der Waals surface area contributed by atoms with Crippen LogP contribution in [0.4, 0.5) is 0 Å². The van der Waals surface area contributed by atoms with E-state index >= 15 is 0 Å². The number of benzene rings is 3. The van der Waals surface area contributed by atoms with Gasteiger partial charge >= 0.3 is 11.9 Å². The molecule has 6 atom stereocenters. The van der Waals surface area contributed by atoms with Crippen molar-refractivity contribution in [1.29, 1.82) is 0 Å². The van der Waals surface area contributed by atoms with Gasteiger partial charge in [0.15, 0.2) is 18.5 Å². The van der Waals surface area contributed by atoms with Crippen LogP contribution in [0.2, 0.25) is 10.0 Å². The highest BCUT2D eigenvalue weighted by atomic mass is 35.5. The van der Waals surface area contributed by atoms with Crippen LogP contribution in [0.25, 0.3) is 0 Å². The number of esters is 2. The second kappa shape index (κ2) is 12.1. The van der Waals surface area contributed by atoms with Gasteiger partial charge in [-0.2, -0.15) is 0 Å². The lowest BCUT2D eigenvalue weighted by Gasteiger charge is -2.48. The molecule has 7 nitrogen and oxygen atoms in total. The molecule has 0 aliphatic carbocycles. The first-order valence-electron chi connectivity index (χ1n) is 11.9. The molecule has 5 rings (SSSR count). The van der Waals surface area contributed by atoms with E-state index in [1.807, 2.05) is 36.6 Å². The highest BCUT2D eigenvalue weighted by molar-refractivity contribution is 7.99. The summed E-state index contributed by atoms with van der Waals surface area (Å²) < 4.78 is 30.4. The summed E-state index contributed by atoms with van der Waals surface area (Å²) in [4.78, 5) is 26.3. The number of carbonyl (C=O) groups excluding carboxylic acids is 2. The molecule has 0 amide bonds. The molecule has 38 heavy (non-hydrogen) atoms. The van der Waals surface area contributed by atoms with E-state index in [1.165, 1.54) is 11.8 Å². The first kappa shape index (κ1) is 27.0. The first-order chi connectivity index (χ1) is 18.4. The molecule has 0 spiro atoms. The van der Waals surface area contributed by atoms with Crippen LogP contribution in [0.3, 0.4) is 0 Å². The number of hydrogen-bond acceptors (Lipinski definition) is 8. The average Bonchev–Trinajstić information content (AvgIpc) is 2.94. The Bertz CT molecular complexity index is 1260. The topological polar surface area (TPSA) is 80.3 Å². The Morgan fingerprint density at radius 2 is 1.34 bits per heavy atom. The summed E-state index contributed by atoms with van der Waals surface area (Å²) in [6, 6.07) is 22.1. The van der Waals surface area contributed by atoms with Crippen molar-refractivity contribution in [3.8, 4) is 0 Å². The van der Waals surface area contributed by atoms with Gasteiger partial charge in [-0.05, 0) is 54.8 Å². The highest BCUT2D eigenvalue weighted by Crippen LogP contribution is 2.39. The monoisotopic (exact) mass is 574 g/mol. The number of rotatable bonds is 6. The van der Waals surface area contributed by atoms with Crippen LogP contribution >= 0.6 is 35.0 Å². The molecule has 0 radical (unpaired) electrons. The van der Waals surface area contributed by atoms with E-state index in [2.05, 4.69) is 0 Å². The third-order valence-electron chi connectivity index (χ3n) is 6.23. The molecule has 0 saturated carbocycles. The van der Waals surface area contributed by atoms with Crippen LogP contribution in [0.15, 0.2) is 78.9 Å². The fourth-order valence-corrected chi connectivity index (χ4v) is 5.32. The van der Waals surface area contributed by atoms with Gasteiger partial charge in [0.25, 0.3) is 0 Å². The zero-order chi connectivity index (χ0) is 26.6. The Morgan fingerprint density at radius 3 is 1.89 bits per heavy atom. The van der Waals surface area contributed by atoms with Crippen LogP contribution in [0.5, 0.6) is 0 Å². The molecule has 1 unspecified atom stereocenters. The van der Waals surface area contributed by atoms with Gasteiger partial charge in [-0.25, -0.2) is 9.59 Å². The van der Waals surface area contributed by atoms with E-state index < -0.39 is 48.1 Å². The van der Waals surface area contributed by atoms with Gasteiger partial charge in [-0.15, -0.1) is 11.8 Å². The maximum Gasteiger partial charge on any atom is 0.338 e. The van der Waals surface area contributed by atoms with Crippen LogP contribution in [0.1, 0.15) is 32.6 Å². The largest absolute Gasteiger partial charge is 0.452 e. The second-order valence-corrected chi connectivity index (χ2v) is 10.5. The van der Waals surface area contributed by atoms with Crippen LogP contribution < -0.4 is 0 Å². The molecular weight excluding hydrogens is 551 g/mol. The quantitative estimate of drug-likeness (QED) is 0.334. The van der Waals surface area contributed by atoms with Crippen molar-refractivity contribution in [2.24, 2.45) is 0 Å². The van der Waals surface area contributed by atoms with Crippen LogP contribution in [0, 0.1) is 0 Å². The summed E-state index contributed by atoms with van der Waals surface area (Å²) in [6.45, 7) is 0.203. The van der Waals surface area contributed by atoms with Crippen molar-refractivity contribution in [2.75, 3.05) is 12.9 Å². The maximum atomic E-state index is 13.2. The van der Waals surface area contributed by atoms with Crippen LogP contribution in [-0.4, -0.2) is 54.7 Å². The van der Waals surface area contributed by atoms with Crippen molar-refractivity contribution in [3.05, 3.63) is 106 Å². The predicted molar refractivity (Wildman–Crippen MR) is 143 cm³/mol. The van der Waals surface area contributed by atoms with Gasteiger partial charge in [-0.1, -0.05) is 53.5 Å². The van der Waals surface area contributed by atoms with Crippen molar-refractivity contribution < 1.29 is 33.3 Å². The lowest BCUT2D eigenvalue weighted by Crippen LogP contribution is -2.63. The summed E-state index contributed by atoms with van der Waals surface area (Å²) in [5, 5.41) is 0.980. The van der Waals surface area contributed by atoms with Gasteiger partial charge in [0.05, 0.1) is 17.7 Å². The molecular formula is C28H24Cl2O7S. The van der Waals surface area contributed by atoms with Gasteiger partial charge in [-0.3, -0.25) is 0 Å². The summed E-state index contributed by atoms with van der Waals surface area (Å²) in [5.41, 5.74) is 0.758. The van der Waals surface area contributed by atoms with Gasteiger partial charge < -0.3 is 23.7 Å². The Hall–Kier alpha value is -2.59. The van der Waals surface area contributed by atoms with E-state index in [0.29, 0.717) is 21.2 Å². The van der Waals surface area contributed by atoms with Crippen molar-refractivity contribution in [2.45, 2.75) is 36.1 Å². The second-order valence-electron chi connectivity index (χ2n) is 8.71. The highest BCUT2D eigenvalue weighted by Gasteiger charge is 2.53. The van der Waals surface area contributed by atoms with E-state index in [9.17, 15) is 9.59 Å². The Labute approximate surface area is 234 Å². The molecule has 0 aromatic heterocycles. The molecule has 3 aromatic carbocycles. The Morgan fingerprint density at radius 1 is 0.789 bits per heavy atom. The number of thioether (sulfide) groups is 1. The number of ether oxygens (including phenoxy) is 5. The SMILES string of the molecule is CS[C@@H]1O[C@@H]2COC(c3ccccc3)O[C@@H]2[C@H](OC(=O)c2ccc(Cl)cc2)[C@H]1OC(=O)c1ccc(Cl)cc1. The molecule has 0 bridgehead atoms. The van der Waals surface area contributed by atoms with E-state index in [1.54, 1.807) is 48.5 Å². The molecule has 10 heteroatoms. The summed E-state index contributed by atoms with van der Waals surface area (Å²) in [6.07, 6.45) is -2.17. The van der Waals surface area contributed by atoms with Gasteiger partial charge in [0, 0.05) is 15.6 Å². The first-order valence-corrected chi connectivity index (χ1v) is 13.9. The third-order valence-corrected chi connectivity index (χ3v) is 7.58. The standard InChI is InChI=1S/C28H24Cl2O7S/c1-38-28-24(36-26(32)17-9-13-20(30)14-10-17)23(35-25(31)16-7-11-19(29)12-8-16)22-21(34-28)15-33-27(37-22)18-5-3-2-4-6-18/h2-14,21-24,27-28H,15H2,1H3/t21-,22+,23+,24-,27?,28+/m1/s1. The number of fused-ring (bicyclic) bond motifs is 1. The molecule has 2 fully saturated rings. The smallest absolute Gasteiger partial charge is 0.338 e. The average molecular weight is 575 g/mol. The zero-order valence-corrected chi connectivity index (χ0v) is 22.5. The Kier molecular flexibility index (Phi) is 8.57. The molecule has 2 aliphatic heterocycles. The van der Waals surface area contributed by atoms with Crippen molar-refractivity contribution in [3.63, 3.8) is 0 Å². The predicted octanol–water partition coefficient (Wildman–Crippen LogP) is 5.95. The number of carbonyl (C=O) groups is 2. The molecule has 2 heterocycles. The van der Waals surface area contributed by atoms with Gasteiger partial charge in [0.1, 0.15) is 17.6 Å². The number of hydrogen-bond donors (Lipinski definition) is 0. The summed E-state index contributed by atoms with van der Waals surface area (Å²) in [5.74, 6) is -1.21. The number of halogens is 2. The minimum atomic E-state index is -0.985. The fraction of sp³-hybridized carbons (Fsp3) is 0.286. The zero-order valence-electron chi connectivity index (χ0n) is 20.2. The van der Waals surface area contributed by atoms with Crippen LogP contribution in [-0.2, 0) is 23.7 Å². The molecule has 198 valence electrons. The summed E-state index contributed by atoms with van der Waals surface area (Å²) >= 11 is 13.3. The van der Waals surface area contributed by atoms with E-state index in [0.717, 1.165) is 5.56 Å². The minimum absolute atomic E-state index is 0.203. The van der Waals surface area contributed by atoms with Crippen molar-refractivity contribution in [1.82, 2.24) is 0 Å². The fourth-order valence-electron chi connectivity index (χ4n) is 4.33. The third kappa shape index (κ3) is 6.01. The lowest BCUT2D eigenvalue weighted by atomic mass is 9.98. The maximum absolute atomic E-state index is 13.2. The normalized spacial score (nSPS) is 26.7. The molecule has 2 saturated heterocycles.